The average Bonchev–Trinajstić information content (AvgIpc) is 2.83. The number of thiophene rings is 1. The van der Waals surface area contributed by atoms with E-state index in [4.69, 9.17) is 0 Å². The molecule has 1 aromatic carbocycles. The molecule has 0 aliphatic heterocycles. The third kappa shape index (κ3) is 3.06. The molecule has 1 nitrogen and oxygen atoms in total. The van der Waals surface area contributed by atoms with Crippen molar-refractivity contribution in [1.82, 2.24) is 0 Å². The van der Waals surface area contributed by atoms with Crippen LogP contribution in [0.5, 0.6) is 0 Å². The van der Waals surface area contributed by atoms with E-state index in [0.717, 1.165) is 6.04 Å². The van der Waals surface area contributed by atoms with Gasteiger partial charge in [0.05, 0.1) is 5.00 Å². The highest BCUT2D eigenvalue weighted by molar-refractivity contribution is 7.14. The molecule has 0 saturated heterocycles. The first-order valence-corrected chi connectivity index (χ1v) is 8.59. The lowest BCUT2D eigenvalue weighted by atomic mass is 10.1. The Balaban J connectivity index is 1.75. The molecule has 106 valence electrons. The molecule has 1 aliphatic rings. The lowest BCUT2D eigenvalue weighted by Gasteiger charge is -2.27. The topological polar surface area (TPSA) is 3.24 Å². The summed E-state index contributed by atoms with van der Waals surface area (Å²) in [6.45, 7) is 0. The van der Waals surface area contributed by atoms with E-state index < -0.39 is 0 Å². The fourth-order valence-electron chi connectivity index (χ4n) is 3.12. The molecule has 0 spiro atoms. The van der Waals surface area contributed by atoms with Crippen LogP contribution < -0.4 is 4.90 Å². The van der Waals surface area contributed by atoms with Crippen LogP contribution in [0.25, 0.3) is 11.1 Å². The van der Waals surface area contributed by atoms with Crippen LogP contribution in [0.15, 0.2) is 41.8 Å². The molecule has 0 radical (unpaired) electrons. The van der Waals surface area contributed by atoms with Gasteiger partial charge in [0, 0.05) is 18.5 Å². The van der Waals surface area contributed by atoms with Gasteiger partial charge in [-0.25, -0.2) is 0 Å². The Labute approximate surface area is 126 Å². The SMILES string of the molecule is CN(c1cc(-c2ccccc2)cs1)C1CCCCCC1. The molecule has 2 heteroatoms. The Kier molecular flexibility index (Phi) is 4.41. The first kappa shape index (κ1) is 13.7. The van der Waals surface area contributed by atoms with E-state index in [9.17, 15) is 0 Å². The first-order chi connectivity index (χ1) is 9.84. The second-order valence-electron chi connectivity index (χ2n) is 5.80. The number of hydrogen-bond donors (Lipinski definition) is 0. The molecule has 2 aromatic rings. The summed E-state index contributed by atoms with van der Waals surface area (Å²) in [7, 11) is 2.27. The van der Waals surface area contributed by atoms with E-state index in [2.05, 4.69) is 53.7 Å². The normalized spacial score (nSPS) is 16.9. The van der Waals surface area contributed by atoms with Gasteiger partial charge in [-0.15, -0.1) is 11.3 Å². The summed E-state index contributed by atoms with van der Waals surface area (Å²) in [5.74, 6) is 0. The van der Waals surface area contributed by atoms with E-state index in [1.54, 1.807) is 0 Å². The number of rotatable bonds is 3. The lowest BCUT2D eigenvalue weighted by Crippen LogP contribution is -2.30. The highest BCUT2D eigenvalue weighted by atomic mass is 32.1. The molecule has 1 aliphatic carbocycles. The molecule has 1 fully saturated rings. The van der Waals surface area contributed by atoms with Crippen molar-refractivity contribution < 1.29 is 0 Å². The predicted octanol–water partition coefficient (Wildman–Crippen LogP) is 5.57. The molecule has 0 amide bonds. The van der Waals surface area contributed by atoms with Gasteiger partial charge < -0.3 is 4.90 Å². The fraction of sp³-hybridized carbons (Fsp3) is 0.444. The van der Waals surface area contributed by atoms with Gasteiger partial charge in [0.1, 0.15) is 0 Å². The van der Waals surface area contributed by atoms with Crippen LogP contribution in [-0.4, -0.2) is 13.1 Å². The lowest BCUT2D eigenvalue weighted by molar-refractivity contribution is 0.555. The van der Waals surface area contributed by atoms with Crippen molar-refractivity contribution in [2.75, 3.05) is 11.9 Å². The number of nitrogens with zero attached hydrogens (tertiary/aromatic N) is 1. The smallest absolute Gasteiger partial charge is 0.0914 e. The summed E-state index contributed by atoms with van der Waals surface area (Å²) >= 11 is 1.88. The molecule has 0 atom stereocenters. The largest absolute Gasteiger partial charge is 0.364 e. The maximum Gasteiger partial charge on any atom is 0.0914 e. The molecule has 20 heavy (non-hydrogen) atoms. The van der Waals surface area contributed by atoms with Crippen molar-refractivity contribution >= 4 is 16.3 Å². The third-order valence-corrected chi connectivity index (χ3v) is 5.43. The molecular formula is C18H23NS. The van der Waals surface area contributed by atoms with Crippen LogP contribution in [0.1, 0.15) is 38.5 Å². The van der Waals surface area contributed by atoms with E-state index in [1.807, 2.05) is 11.3 Å². The van der Waals surface area contributed by atoms with Gasteiger partial charge in [0.2, 0.25) is 0 Å². The van der Waals surface area contributed by atoms with Gasteiger partial charge >= 0.3 is 0 Å². The first-order valence-electron chi connectivity index (χ1n) is 7.71. The number of anilines is 1. The van der Waals surface area contributed by atoms with Crippen molar-refractivity contribution in [2.45, 2.75) is 44.6 Å². The zero-order valence-corrected chi connectivity index (χ0v) is 13.0. The molecule has 3 rings (SSSR count). The average molecular weight is 285 g/mol. The van der Waals surface area contributed by atoms with Crippen molar-refractivity contribution in [3.05, 3.63) is 41.8 Å². The quantitative estimate of drug-likeness (QED) is 0.666. The minimum Gasteiger partial charge on any atom is -0.364 e. The van der Waals surface area contributed by atoms with Gasteiger partial charge in [-0.2, -0.15) is 0 Å². The molecule has 1 aromatic heterocycles. The summed E-state index contributed by atoms with van der Waals surface area (Å²) in [5.41, 5.74) is 2.68. The Bertz CT molecular complexity index is 523. The fourth-order valence-corrected chi connectivity index (χ4v) is 4.08. The summed E-state index contributed by atoms with van der Waals surface area (Å²) in [6.07, 6.45) is 8.34. The van der Waals surface area contributed by atoms with Crippen molar-refractivity contribution in [1.29, 1.82) is 0 Å². The molecule has 0 bridgehead atoms. The van der Waals surface area contributed by atoms with Gasteiger partial charge in [-0.05, 0) is 30.0 Å². The van der Waals surface area contributed by atoms with Crippen LogP contribution in [-0.2, 0) is 0 Å². The van der Waals surface area contributed by atoms with E-state index in [0.29, 0.717) is 0 Å². The minimum absolute atomic E-state index is 0.736. The number of hydrogen-bond acceptors (Lipinski definition) is 2. The Morgan fingerprint density at radius 3 is 2.35 bits per heavy atom. The number of benzene rings is 1. The van der Waals surface area contributed by atoms with Crippen LogP contribution in [0, 0.1) is 0 Å². The van der Waals surface area contributed by atoms with Crippen molar-refractivity contribution in [3.63, 3.8) is 0 Å². The maximum absolute atomic E-state index is 2.52. The van der Waals surface area contributed by atoms with Crippen LogP contribution >= 0.6 is 11.3 Å². The highest BCUT2D eigenvalue weighted by Gasteiger charge is 2.18. The zero-order chi connectivity index (χ0) is 13.8. The molecular weight excluding hydrogens is 262 g/mol. The third-order valence-electron chi connectivity index (χ3n) is 4.41. The van der Waals surface area contributed by atoms with Crippen LogP contribution in [0.3, 0.4) is 0 Å². The van der Waals surface area contributed by atoms with Gasteiger partial charge in [-0.1, -0.05) is 56.0 Å². The molecule has 1 saturated carbocycles. The monoisotopic (exact) mass is 285 g/mol. The van der Waals surface area contributed by atoms with Gasteiger partial charge in [0.25, 0.3) is 0 Å². The predicted molar refractivity (Wildman–Crippen MR) is 89.6 cm³/mol. The summed E-state index contributed by atoms with van der Waals surface area (Å²) in [5, 5.41) is 3.70. The Hall–Kier alpha value is -1.28. The summed E-state index contributed by atoms with van der Waals surface area (Å²) < 4.78 is 0. The van der Waals surface area contributed by atoms with Gasteiger partial charge in [-0.3, -0.25) is 0 Å². The van der Waals surface area contributed by atoms with Crippen molar-refractivity contribution in [2.24, 2.45) is 0 Å². The second-order valence-corrected chi connectivity index (χ2v) is 6.69. The standard InChI is InChI=1S/C18H23NS/c1-19(17-11-7-2-3-8-12-17)18-13-16(14-20-18)15-9-5-4-6-10-15/h4-6,9-10,13-14,17H,2-3,7-8,11-12H2,1H3. The van der Waals surface area contributed by atoms with E-state index >= 15 is 0 Å². The van der Waals surface area contributed by atoms with Crippen LogP contribution in [0.2, 0.25) is 0 Å². The Morgan fingerprint density at radius 2 is 1.65 bits per heavy atom. The Morgan fingerprint density at radius 1 is 0.950 bits per heavy atom. The minimum atomic E-state index is 0.736. The van der Waals surface area contributed by atoms with E-state index in [-0.39, 0.29) is 0 Å². The highest BCUT2D eigenvalue weighted by Crippen LogP contribution is 2.34. The molecule has 0 N–H and O–H groups in total. The summed E-state index contributed by atoms with van der Waals surface area (Å²) in [4.78, 5) is 2.52. The molecule has 0 unspecified atom stereocenters. The van der Waals surface area contributed by atoms with Crippen molar-refractivity contribution in [3.8, 4) is 11.1 Å². The molecule has 1 heterocycles. The van der Waals surface area contributed by atoms with E-state index in [1.165, 1.54) is 54.7 Å². The zero-order valence-electron chi connectivity index (χ0n) is 12.2. The summed E-state index contributed by atoms with van der Waals surface area (Å²) in [6, 6.07) is 13.8. The van der Waals surface area contributed by atoms with Gasteiger partial charge in [0.15, 0.2) is 0 Å². The van der Waals surface area contributed by atoms with Crippen LogP contribution in [0.4, 0.5) is 5.00 Å². The maximum atomic E-state index is 2.52. The second kappa shape index (κ2) is 6.45.